The first-order valence-corrected chi connectivity index (χ1v) is 6.38. The lowest BCUT2D eigenvalue weighted by Crippen LogP contribution is -2.25. The van der Waals surface area contributed by atoms with Crippen LogP contribution in [0.15, 0.2) is 18.5 Å². The molecule has 5 nitrogen and oxygen atoms in total. The molecular formula is C14H15FN2O3. The SMILES string of the molecule is CC1(C)COCC1n1cnc2ccc(C(=O)O)c(F)c21. The number of aromatic carboxylic acids is 1. The number of carboxylic acid groups (broad SMARTS) is 1. The van der Waals surface area contributed by atoms with Gasteiger partial charge in [0.05, 0.1) is 36.7 Å². The number of rotatable bonds is 2. The summed E-state index contributed by atoms with van der Waals surface area (Å²) in [5.74, 6) is -2.02. The highest BCUT2D eigenvalue weighted by Gasteiger charge is 2.38. The van der Waals surface area contributed by atoms with E-state index in [0.29, 0.717) is 18.7 Å². The molecular weight excluding hydrogens is 263 g/mol. The smallest absolute Gasteiger partial charge is 0.338 e. The van der Waals surface area contributed by atoms with Crippen molar-refractivity contribution in [2.75, 3.05) is 13.2 Å². The molecule has 1 atom stereocenters. The van der Waals surface area contributed by atoms with Crippen LogP contribution in [0, 0.1) is 11.2 Å². The first kappa shape index (κ1) is 13.1. The zero-order valence-electron chi connectivity index (χ0n) is 11.3. The molecule has 0 spiro atoms. The van der Waals surface area contributed by atoms with Crippen molar-refractivity contribution in [1.82, 2.24) is 9.55 Å². The number of halogens is 1. The molecule has 2 aromatic rings. The fourth-order valence-corrected chi connectivity index (χ4v) is 2.70. The molecule has 1 aromatic heterocycles. The largest absolute Gasteiger partial charge is 0.478 e. The lowest BCUT2D eigenvalue weighted by atomic mass is 9.87. The van der Waals surface area contributed by atoms with Crippen molar-refractivity contribution in [2.45, 2.75) is 19.9 Å². The van der Waals surface area contributed by atoms with Gasteiger partial charge in [-0.25, -0.2) is 14.2 Å². The predicted octanol–water partition coefficient (Wildman–Crippen LogP) is 2.47. The van der Waals surface area contributed by atoms with Crippen LogP contribution in [-0.4, -0.2) is 33.8 Å². The van der Waals surface area contributed by atoms with Gasteiger partial charge in [-0.2, -0.15) is 0 Å². The Hall–Kier alpha value is -1.95. The Bertz CT molecular complexity index is 693. The third-order valence-corrected chi connectivity index (χ3v) is 3.89. The Morgan fingerprint density at radius 1 is 1.55 bits per heavy atom. The molecule has 1 fully saturated rings. The third kappa shape index (κ3) is 1.79. The quantitative estimate of drug-likeness (QED) is 0.916. The van der Waals surface area contributed by atoms with E-state index in [1.807, 2.05) is 13.8 Å². The summed E-state index contributed by atoms with van der Waals surface area (Å²) in [6, 6.07) is 2.71. The zero-order chi connectivity index (χ0) is 14.5. The second-order valence-corrected chi connectivity index (χ2v) is 5.77. The van der Waals surface area contributed by atoms with E-state index in [1.54, 1.807) is 10.9 Å². The third-order valence-electron chi connectivity index (χ3n) is 3.89. The van der Waals surface area contributed by atoms with Crippen molar-refractivity contribution in [3.05, 3.63) is 29.8 Å². The molecule has 0 radical (unpaired) electrons. The van der Waals surface area contributed by atoms with Crippen LogP contribution >= 0.6 is 0 Å². The molecule has 0 aliphatic carbocycles. The van der Waals surface area contributed by atoms with E-state index in [-0.39, 0.29) is 22.5 Å². The first-order valence-electron chi connectivity index (χ1n) is 6.38. The van der Waals surface area contributed by atoms with Crippen molar-refractivity contribution in [3.8, 4) is 0 Å². The molecule has 1 aromatic carbocycles. The van der Waals surface area contributed by atoms with E-state index in [9.17, 15) is 9.18 Å². The van der Waals surface area contributed by atoms with Crippen molar-refractivity contribution >= 4 is 17.0 Å². The van der Waals surface area contributed by atoms with Crippen LogP contribution in [0.25, 0.3) is 11.0 Å². The van der Waals surface area contributed by atoms with Crippen molar-refractivity contribution < 1.29 is 19.0 Å². The van der Waals surface area contributed by atoms with Crippen LogP contribution in [0.1, 0.15) is 30.2 Å². The molecule has 106 valence electrons. The number of carbonyl (C=O) groups is 1. The summed E-state index contributed by atoms with van der Waals surface area (Å²) in [7, 11) is 0. The molecule has 0 bridgehead atoms. The average Bonchev–Trinajstić information content (AvgIpc) is 2.92. The fraction of sp³-hybridized carbons (Fsp3) is 0.429. The fourth-order valence-electron chi connectivity index (χ4n) is 2.70. The van der Waals surface area contributed by atoms with Crippen LogP contribution in [0.4, 0.5) is 4.39 Å². The highest BCUT2D eigenvalue weighted by Crippen LogP contribution is 2.39. The van der Waals surface area contributed by atoms with Crippen molar-refractivity contribution in [2.24, 2.45) is 5.41 Å². The number of aromatic nitrogens is 2. The molecule has 1 N–H and O–H groups in total. The van der Waals surface area contributed by atoms with Gasteiger partial charge in [-0.3, -0.25) is 0 Å². The zero-order valence-corrected chi connectivity index (χ0v) is 11.3. The maximum atomic E-state index is 14.4. The van der Waals surface area contributed by atoms with E-state index in [0.717, 1.165) is 0 Å². The topological polar surface area (TPSA) is 64.4 Å². The van der Waals surface area contributed by atoms with Crippen molar-refractivity contribution in [1.29, 1.82) is 0 Å². The predicted molar refractivity (Wildman–Crippen MR) is 70.3 cm³/mol. The Labute approximate surface area is 115 Å². The van der Waals surface area contributed by atoms with E-state index in [1.165, 1.54) is 12.1 Å². The standard InChI is InChI=1S/C14H15FN2O3/c1-14(2)6-20-5-10(14)17-7-16-9-4-3-8(13(18)19)11(15)12(9)17/h3-4,7,10H,5-6H2,1-2H3,(H,18,19). The summed E-state index contributed by atoms with van der Waals surface area (Å²) in [5, 5.41) is 9.03. The highest BCUT2D eigenvalue weighted by atomic mass is 19.1. The van der Waals surface area contributed by atoms with Gasteiger partial charge < -0.3 is 14.4 Å². The number of benzene rings is 1. The molecule has 3 rings (SSSR count). The van der Waals surface area contributed by atoms with Gasteiger partial charge in [0.2, 0.25) is 0 Å². The number of fused-ring (bicyclic) bond motifs is 1. The number of hydrogen-bond acceptors (Lipinski definition) is 3. The first-order chi connectivity index (χ1) is 9.42. The Kier molecular flexibility index (Phi) is 2.79. The average molecular weight is 278 g/mol. The molecule has 1 saturated heterocycles. The summed E-state index contributed by atoms with van der Waals surface area (Å²) in [5.41, 5.74) is 0.193. The monoisotopic (exact) mass is 278 g/mol. The summed E-state index contributed by atoms with van der Waals surface area (Å²) < 4.78 is 21.6. The summed E-state index contributed by atoms with van der Waals surface area (Å²) >= 11 is 0. The Morgan fingerprint density at radius 2 is 2.30 bits per heavy atom. The molecule has 2 heterocycles. The molecule has 1 aliphatic rings. The van der Waals surface area contributed by atoms with E-state index >= 15 is 0 Å². The lowest BCUT2D eigenvalue weighted by molar-refractivity contribution is 0.0692. The normalized spacial score (nSPS) is 21.4. The highest BCUT2D eigenvalue weighted by molar-refractivity contribution is 5.93. The minimum absolute atomic E-state index is 0.0638. The second-order valence-electron chi connectivity index (χ2n) is 5.77. The maximum absolute atomic E-state index is 14.4. The molecule has 1 unspecified atom stereocenters. The van der Waals surface area contributed by atoms with Crippen LogP contribution in [0.3, 0.4) is 0 Å². The van der Waals surface area contributed by atoms with Gasteiger partial charge in [0, 0.05) is 5.41 Å². The molecule has 6 heteroatoms. The van der Waals surface area contributed by atoms with Gasteiger partial charge in [-0.15, -0.1) is 0 Å². The van der Waals surface area contributed by atoms with E-state index in [2.05, 4.69) is 4.98 Å². The molecule has 0 saturated carbocycles. The second kappa shape index (κ2) is 4.28. The molecule has 0 amide bonds. The number of hydrogen-bond donors (Lipinski definition) is 1. The van der Waals surface area contributed by atoms with Crippen LogP contribution in [0.5, 0.6) is 0 Å². The lowest BCUT2D eigenvalue weighted by Gasteiger charge is -2.26. The van der Waals surface area contributed by atoms with Crippen LogP contribution < -0.4 is 0 Å². The number of ether oxygens (including phenoxy) is 1. The number of imidazole rings is 1. The molecule has 1 aliphatic heterocycles. The van der Waals surface area contributed by atoms with E-state index in [4.69, 9.17) is 9.84 Å². The summed E-state index contributed by atoms with van der Waals surface area (Å²) in [4.78, 5) is 15.2. The minimum Gasteiger partial charge on any atom is -0.478 e. The van der Waals surface area contributed by atoms with Crippen LogP contribution in [-0.2, 0) is 4.74 Å². The van der Waals surface area contributed by atoms with Gasteiger partial charge in [0.25, 0.3) is 0 Å². The Balaban J connectivity index is 2.22. The summed E-state index contributed by atoms with van der Waals surface area (Å²) in [6.07, 6.45) is 1.56. The van der Waals surface area contributed by atoms with Crippen LogP contribution in [0.2, 0.25) is 0 Å². The number of carboxylic acids is 1. The summed E-state index contributed by atoms with van der Waals surface area (Å²) in [6.45, 7) is 5.12. The Morgan fingerprint density at radius 3 is 2.90 bits per heavy atom. The minimum atomic E-state index is -1.28. The van der Waals surface area contributed by atoms with Gasteiger partial charge in [-0.1, -0.05) is 13.8 Å². The van der Waals surface area contributed by atoms with Gasteiger partial charge in [0.15, 0.2) is 5.82 Å². The molecule has 20 heavy (non-hydrogen) atoms. The maximum Gasteiger partial charge on any atom is 0.338 e. The van der Waals surface area contributed by atoms with E-state index < -0.39 is 11.8 Å². The van der Waals surface area contributed by atoms with Gasteiger partial charge >= 0.3 is 5.97 Å². The van der Waals surface area contributed by atoms with Gasteiger partial charge in [-0.05, 0) is 12.1 Å². The number of nitrogens with zero attached hydrogens (tertiary/aromatic N) is 2. The van der Waals surface area contributed by atoms with Gasteiger partial charge in [0.1, 0.15) is 5.52 Å². The van der Waals surface area contributed by atoms with Crippen molar-refractivity contribution in [3.63, 3.8) is 0 Å².